The number of hydrogen-bond acceptors (Lipinski definition) is 2. The first-order valence-electron chi connectivity index (χ1n) is 6.09. The highest BCUT2D eigenvalue weighted by molar-refractivity contribution is 9.10. The normalized spacial score (nSPS) is 10.2. The number of anilines is 1. The predicted molar refractivity (Wildman–Crippen MR) is 88.8 cm³/mol. The molecular weight excluding hydrogens is 355 g/mol. The van der Waals surface area contributed by atoms with Crippen molar-refractivity contribution in [1.82, 2.24) is 0 Å². The number of rotatable bonds is 4. The minimum atomic E-state index is -0.456. The molecule has 6 heteroatoms. The summed E-state index contributed by atoms with van der Waals surface area (Å²) in [6, 6.07) is 11.3. The molecule has 0 heterocycles. The molecule has 0 aliphatic rings. The molecule has 0 bridgehead atoms. The van der Waals surface area contributed by atoms with Crippen LogP contribution in [0.15, 0.2) is 46.9 Å². The highest BCUT2D eigenvalue weighted by Gasteiger charge is 2.11. The van der Waals surface area contributed by atoms with Crippen LogP contribution in [0.3, 0.4) is 0 Å². The Morgan fingerprint density at radius 3 is 2.71 bits per heavy atom. The van der Waals surface area contributed by atoms with Gasteiger partial charge in [0.05, 0.1) is 12.1 Å². The fourth-order valence-corrected chi connectivity index (χ4v) is 2.47. The topological polar surface area (TPSA) is 55.1 Å². The molecule has 108 valence electrons. The zero-order valence-electron chi connectivity index (χ0n) is 10.9. The SMILES string of the molecule is NC(=S)c1cc(F)ccc1NC(=O)Cc1cccc(Br)c1. The predicted octanol–water partition coefficient (Wildman–Crippen LogP) is 3.40. The molecule has 2 aromatic rings. The van der Waals surface area contributed by atoms with E-state index in [1.165, 1.54) is 18.2 Å². The fraction of sp³-hybridized carbons (Fsp3) is 0.0667. The van der Waals surface area contributed by atoms with Gasteiger partial charge in [-0.15, -0.1) is 0 Å². The van der Waals surface area contributed by atoms with Crippen LogP contribution in [0.1, 0.15) is 11.1 Å². The van der Waals surface area contributed by atoms with Gasteiger partial charge in [0, 0.05) is 10.0 Å². The summed E-state index contributed by atoms with van der Waals surface area (Å²) in [7, 11) is 0. The second-order valence-electron chi connectivity index (χ2n) is 4.41. The van der Waals surface area contributed by atoms with Gasteiger partial charge in [0.1, 0.15) is 10.8 Å². The van der Waals surface area contributed by atoms with Crippen molar-refractivity contribution in [2.24, 2.45) is 5.73 Å². The van der Waals surface area contributed by atoms with Gasteiger partial charge >= 0.3 is 0 Å². The van der Waals surface area contributed by atoms with E-state index in [1.807, 2.05) is 24.3 Å². The quantitative estimate of drug-likeness (QED) is 0.815. The Morgan fingerprint density at radius 2 is 2.05 bits per heavy atom. The number of nitrogens with two attached hydrogens (primary N) is 1. The van der Waals surface area contributed by atoms with Crippen molar-refractivity contribution < 1.29 is 9.18 Å². The molecule has 0 aliphatic carbocycles. The molecule has 3 N–H and O–H groups in total. The van der Waals surface area contributed by atoms with Crippen molar-refractivity contribution in [3.63, 3.8) is 0 Å². The average molecular weight is 367 g/mol. The largest absolute Gasteiger partial charge is 0.389 e. The molecule has 0 radical (unpaired) electrons. The molecule has 21 heavy (non-hydrogen) atoms. The average Bonchev–Trinajstić information content (AvgIpc) is 2.40. The van der Waals surface area contributed by atoms with E-state index in [4.69, 9.17) is 18.0 Å². The molecule has 2 aromatic carbocycles. The van der Waals surface area contributed by atoms with Crippen LogP contribution in [0, 0.1) is 5.82 Å². The summed E-state index contributed by atoms with van der Waals surface area (Å²) in [5.41, 5.74) is 7.12. The highest BCUT2D eigenvalue weighted by atomic mass is 79.9. The van der Waals surface area contributed by atoms with Gasteiger partial charge in [-0.3, -0.25) is 4.79 Å². The number of amides is 1. The third-order valence-electron chi connectivity index (χ3n) is 2.77. The Bertz CT molecular complexity index is 706. The summed E-state index contributed by atoms with van der Waals surface area (Å²) in [6.45, 7) is 0. The first kappa shape index (κ1) is 15.6. The van der Waals surface area contributed by atoms with Crippen molar-refractivity contribution in [3.05, 3.63) is 63.9 Å². The first-order valence-corrected chi connectivity index (χ1v) is 7.29. The number of carbonyl (C=O) groups excluding carboxylic acids is 1. The van der Waals surface area contributed by atoms with Crippen molar-refractivity contribution in [2.75, 3.05) is 5.32 Å². The number of nitrogens with one attached hydrogen (secondary N) is 1. The number of benzene rings is 2. The van der Waals surface area contributed by atoms with Gasteiger partial charge < -0.3 is 11.1 Å². The summed E-state index contributed by atoms with van der Waals surface area (Å²) in [5, 5.41) is 2.70. The standard InChI is InChI=1S/C15H12BrFN2OS/c16-10-3-1-2-9(6-10)7-14(20)19-13-5-4-11(17)8-12(13)15(18)21/h1-6,8H,7H2,(H2,18,21)(H,19,20). The summed E-state index contributed by atoms with van der Waals surface area (Å²) < 4.78 is 14.1. The van der Waals surface area contributed by atoms with Crippen molar-refractivity contribution >= 4 is 44.7 Å². The zero-order valence-corrected chi connectivity index (χ0v) is 13.3. The van der Waals surface area contributed by atoms with Crippen LogP contribution < -0.4 is 11.1 Å². The van der Waals surface area contributed by atoms with Gasteiger partial charge in [-0.1, -0.05) is 40.3 Å². The van der Waals surface area contributed by atoms with E-state index in [9.17, 15) is 9.18 Å². The van der Waals surface area contributed by atoms with Crippen LogP contribution in [0.2, 0.25) is 0 Å². The van der Waals surface area contributed by atoms with E-state index in [0.717, 1.165) is 10.0 Å². The monoisotopic (exact) mass is 366 g/mol. The van der Waals surface area contributed by atoms with Crippen LogP contribution >= 0.6 is 28.1 Å². The van der Waals surface area contributed by atoms with E-state index in [0.29, 0.717) is 11.3 Å². The third kappa shape index (κ3) is 4.34. The van der Waals surface area contributed by atoms with E-state index in [2.05, 4.69) is 21.2 Å². The maximum atomic E-state index is 13.2. The summed E-state index contributed by atoms with van der Waals surface area (Å²) in [5.74, 6) is -0.681. The molecule has 0 aliphatic heterocycles. The lowest BCUT2D eigenvalue weighted by atomic mass is 10.1. The van der Waals surface area contributed by atoms with Crippen LogP contribution in [0.25, 0.3) is 0 Å². The van der Waals surface area contributed by atoms with Crippen molar-refractivity contribution in [2.45, 2.75) is 6.42 Å². The molecule has 0 saturated heterocycles. The molecule has 2 rings (SSSR count). The molecule has 0 spiro atoms. The van der Waals surface area contributed by atoms with Gasteiger partial charge in [0.2, 0.25) is 5.91 Å². The van der Waals surface area contributed by atoms with E-state index >= 15 is 0 Å². The minimum absolute atomic E-state index is 0.0345. The molecule has 0 aromatic heterocycles. The van der Waals surface area contributed by atoms with Gasteiger partial charge in [0.25, 0.3) is 0 Å². The molecule has 1 amide bonds. The van der Waals surface area contributed by atoms with Crippen molar-refractivity contribution in [1.29, 1.82) is 0 Å². The molecule has 0 unspecified atom stereocenters. The van der Waals surface area contributed by atoms with Crippen LogP contribution in [-0.2, 0) is 11.2 Å². The first-order chi connectivity index (χ1) is 9.95. The number of carbonyl (C=O) groups is 1. The van der Waals surface area contributed by atoms with Gasteiger partial charge in [-0.25, -0.2) is 4.39 Å². The molecule has 0 atom stereocenters. The van der Waals surface area contributed by atoms with Crippen LogP contribution in [0.5, 0.6) is 0 Å². The lowest BCUT2D eigenvalue weighted by molar-refractivity contribution is -0.115. The van der Waals surface area contributed by atoms with E-state index in [1.54, 1.807) is 0 Å². The molecule has 0 fully saturated rings. The minimum Gasteiger partial charge on any atom is -0.389 e. The van der Waals surface area contributed by atoms with Crippen molar-refractivity contribution in [3.8, 4) is 0 Å². The summed E-state index contributed by atoms with van der Waals surface area (Å²) >= 11 is 8.21. The lowest BCUT2D eigenvalue weighted by Crippen LogP contribution is -2.19. The third-order valence-corrected chi connectivity index (χ3v) is 3.49. The van der Waals surface area contributed by atoms with E-state index in [-0.39, 0.29) is 17.3 Å². The van der Waals surface area contributed by atoms with Gasteiger partial charge in [0.15, 0.2) is 0 Å². The Hall–Kier alpha value is -1.79. The number of thiocarbonyl (C=S) groups is 1. The molecule has 0 saturated carbocycles. The summed E-state index contributed by atoms with van der Waals surface area (Å²) in [6.07, 6.45) is 0.202. The van der Waals surface area contributed by atoms with Gasteiger partial charge in [-0.2, -0.15) is 0 Å². The lowest BCUT2D eigenvalue weighted by Gasteiger charge is -2.10. The Labute approximate surface area is 135 Å². The van der Waals surface area contributed by atoms with Gasteiger partial charge in [-0.05, 0) is 35.9 Å². The van der Waals surface area contributed by atoms with Crippen LogP contribution in [0.4, 0.5) is 10.1 Å². The molecule has 3 nitrogen and oxygen atoms in total. The fourth-order valence-electron chi connectivity index (χ4n) is 1.86. The summed E-state index contributed by atoms with van der Waals surface area (Å²) in [4.78, 5) is 12.1. The van der Waals surface area contributed by atoms with Crippen LogP contribution in [-0.4, -0.2) is 10.9 Å². The van der Waals surface area contributed by atoms with E-state index < -0.39 is 5.82 Å². The maximum absolute atomic E-state index is 13.2. The Morgan fingerprint density at radius 1 is 1.29 bits per heavy atom. The Balaban J connectivity index is 2.15. The number of halogens is 2. The molecular formula is C15H12BrFN2OS. The second-order valence-corrected chi connectivity index (χ2v) is 5.76. The Kier molecular flexibility index (Phi) is 5.03. The smallest absolute Gasteiger partial charge is 0.228 e. The zero-order chi connectivity index (χ0) is 15.4. The number of hydrogen-bond donors (Lipinski definition) is 2. The second kappa shape index (κ2) is 6.78. The maximum Gasteiger partial charge on any atom is 0.228 e. The highest BCUT2D eigenvalue weighted by Crippen LogP contribution is 2.18.